The van der Waals surface area contributed by atoms with Crippen LogP contribution in [0.5, 0.6) is 0 Å². The van der Waals surface area contributed by atoms with Gasteiger partial charge in [0.05, 0.1) is 6.61 Å². The van der Waals surface area contributed by atoms with Crippen LogP contribution < -0.4 is 5.32 Å². The molecule has 0 aliphatic heterocycles. The molecular formula is C14H21ClFNO. The van der Waals surface area contributed by atoms with E-state index in [9.17, 15) is 4.39 Å². The second kappa shape index (κ2) is 7.72. The Morgan fingerprint density at radius 2 is 2.11 bits per heavy atom. The van der Waals surface area contributed by atoms with Crippen molar-refractivity contribution in [1.29, 1.82) is 0 Å². The average molecular weight is 274 g/mol. The Morgan fingerprint density at radius 1 is 1.39 bits per heavy atom. The van der Waals surface area contributed by atoms with Crippen LogP contribution in [0.2, 0.25) is 5.02 Å². The molecule has 1 N–H and O–H groups in total. The molecule has 102 valence electrons. The van der Waals surface area contributed by atoms with Gasteiger partial charge in [0.2, 0.25) is 0 Å². The first-order valence-electron chi connectivity index (χ1n) is 6.20. The summed E-state index contributed by atoms with van der Waals surface area (Å²) in [6.45, 7) is 5.69. The lowest BCUT2D eigenvalue weighted by atomic mass is 9.94. The van der Waals surface area contributed by atoms with Crippen LogP contribution in [0.3, 0.4) is 0 Å². The molecule has 18 heavy (non-hydrogen) atoms. The maximum Gasteiger partial charge on any atom is 0.126 e. The third-order valence-corrected chi connectivity index (χ3v) is 3.41. The highest BCUT2D eigenvalue weighted by molar-refractivity contribution is 6.30. The predicted molar refractivity (Wildman–Crippen MR) is 73.6 cm³/mol. The molecule has 2 nitrogen and oxygen atoms in total. The van der Waals surface area contributed by atoms with Gasteiger partial charge in [-0.15, -0.1) is 0 Å². The second-order valence-corrected chi connectivity index (χ2v) is 5.09. The summed E-state index contributed by atoms with van der Waals surface area (Å²) in [5, 5.41) is 3.94. The first-order valence-corrected chi connectivity index (χ1v) is 6.58. The zero-order valence-corrected chi connectivity index (χ0v) is 11.9. The molecular weight excluding hydrogens is 253 g/mol. The highest BCUT2D eigenvalue weighted by Gasteiger charge is 2.14. The lowest BCUT2D eigenvalue weighted by Gasteiger charge is -2.21. The zero-order valence-electron chi connectivity index (χ0n) is 11.2. The summed E-state index contributed by atoms with van der Waals surface area (Å²) >= 11 is 5.88. The molecule has 1 aromatic rings. The van der Waals surface area contributed by atoms with E-state index in [1.54, 1.807) is 19.2 Å². The van der Waals surface area contributed by atoms with Gasteiger partial charge in [0.15, 0.2) is 0 Å². The Labute approximate surface area is 113 Å². The summed E-state index contributed by atoms with van der Waals surface area (Å²) in [5.74, 6) is 0.144. The van der Waals surface area contributed by atoms with Crippen molar-refractivity contribution in [2.45, 2.75) is 26.3 Å². The van der Waals surface area contributed by atoms with Crippen molar-refractivity contribution in [3.05, 3.63) is 34.6 Å². The Morgan fingerprint density at radius 3 is 2.78 bits per heavy atom. The molecule has 0 aliphatic rings. The van der Waals surface area contributed by atoms with Gasteiger partial charge < -0.3 is 10.1 Å². The topological polar surface area (TPSA) is 21.3 Å². The molecule has 4 heteroatoms. The molecule has 0 spiro atoms. The van der Waals surface area contributed by atoms with Crippen LogP contribution >= 0.6 is 11.6 Å². The molecule has 0 saturated heterocycles. The molecule has 1 rings (SSSR count). The molecule has 0 bridgehead atoms. The molecule has 0 heterocycles. The van der Waals surface area contributed by atoms with Gasteiger partial charge in [-0.2, -0.15) is 0 Å². The predicted octanol–water partition coefficient (Wildman–Crippen LogP) is 3.28. The molecule has 0 aliphatic carbocycles. The van der Waals surface area contributed by atoms with Crippen LogP contribution in [-0.4, -0.2) is 26.3 Å². The SMILES string of the molecule is COCCNC(C)C(C)Cc1cc(Cl)ccc1F. The quantitative estimate of drug-likeness (QED) is 0.770. The van der Waals surface area contributed by atoms with Crippen molar-refractivity contribution >= 4 is 11.6 Å². The minimum Gasteiger partial charge on any atom is -0.383 e. The van der Waals surface area contributed by atoms with Crippen molar-refractivity contribution in [3.63, 3.8) is 0 Å². The maximum atomic E-state index is 13.6. The van der Waals surface area contributed by atoms with E-state index in [-0.39, 0.29) is 5.82 Å². The molecule has 0 radical (unpaired) electrons. The van der Waals surface area contributed by atoms with Gasteiger partial charge in [-0.05, 0) is 43.0 Å². The number of hydrogen-bond donors (Lipinski definition) is 1. The lowest BCUT2D eigenvalue weighted by Crippen LogP contribution is -2.35. The van der Waals surface area contributed by atoms with E-state index in [1.807, 2.05) is 0 Å². The summed E-state index contributed by atoms with van der Waals surface area (Å²) in [5.41, 5.74) is 0.676. The van der Waals surface area contributed by atoms with Crippen LogP contribution in [-0.2, 0) is 11.2 Å². The monoisotopic (exact) mass is 273 g/mol. The molecule has 0 saturated carbocycles. The average Bonchev–Trinajstić information content (AvgIpc) is 2.34. The van der Waals surface area contributed by atoms with Crippen molar-refractivity contribution in [1.82, 2.24) is 5.32 Å². The van der Waals surface area contributed by atoms with Gasteiger partial charge in [-0.3, -0.25) is 0 Å². The first kappa shape index (κ1) is 15.4. The van der Waals surface area contributed by atoms with Gasteiger partial charge in [0.25, 0.3) is 0 Å². The minimum absolute atomic E-state index is 0.185. The van der Waals surface area contributed by atoms with E-state index in [2.05, 4.69) is 19.2 Å². The van der Waals surface area contributed by atoms with Crippen molar-refractivity contribution in [2.75, 3.05) is 20.3 Å². The fourth-order valence-corrected chi connectivity index (χ4v) is 2.01. The number of methoxy groups -OCH3 is 1. The minimum atomic E-state index is -0.185. The number of hydrogen-bond acceptors (Lipinski definition) is 2. The normalized spacial score (nSPS) is 14.5. The third-order valence-electron chi connectivity index (χ3n) is 3.18. The van der Waals surface area contributed by atoms with Crippen LogP contribution in [0.1, 0.15) is 19.4 Å². The Hall–Kier alpha value is -0.640. The Balaban J connectivity index is 2.52. The largest absolute Gasteiger partial charge is 0.383 e. The van der Waals surface area contributed by atoms with Gasteiger partial charge in [-0.25, -0.2) is 4.39 Å². The zero-order chi connectivity index (χ0) is 13.5. The number of benzene rings is 1. The second-order valence-electron chi connectivity index (χ2n) is 4.65. The van der Waals surface area contributed by atoms with Crippen molar-refractivity contribution in [2.24, 2.45) is 5.92 Å². The number of halogens is 2. The van der Waals surface area contributed by atoms with E-state index in [4.69, 9.17) is 16.3 Å². The summed E-state index contributed by atoms with van der Waals surface area (Å²) in [6, 6.07) is 5.01. The lowest BCUT2D eigenvalue weighted by molar-refractivity contribution is 0.192. The van der Waals surface area contributed by atoms with E-state index < -0.39 is 0 Å². The van der Waals surface area contributed by atoms with Crippen molar-refractivity contribution < 1.29 is 9.13 Å². The fraction of sp³-hybridized carbons (Fsp3) is 0.571. The van der Waals surface area contributed by atoms with Gasteiger partial charge in [-0.1, -0.05) is 18.5 Å². The molecule has 2 unspecified atom stereocenters. The number of ether oxygens (including phenoxy) is 1. The molecule has 1 aromatic carbocycles. The molecule has 0 aromatic heterocycles. The molecule has 0 fully saturated rings. The first-order chi connectivity index (χ1) is 8.54. The van der Waals surface area contributed by atoms with E-state index in [1.165, 1.54) is 6.07 Å². The van der Waals surface area contributed by atoms with Gasteiger partial charge in [0.1, 0.15) is 5.82 Å². The van der Waals surface area contributed by atoms with Gasteiger partial charge >= 0.3 is 0 Å². The third kappa shape index (κ3) is 4.92. The number of rotatable bonds is 7. The van der Waals surface area contributed by atoms with E-state index >= 15 is 0 Å². The van der Waals surface area contributed by atoms with Crippen LogP contribution in [0.4, 0.5) is 4.39 Å². The summed E-state index contributed by atoms with van der Waals surface area (Å²) in [4.78, 5) is 0. The molecule has 0 amide bonds. The summed E-state index contributed by atoms with van der Waals surface area (Å²) in [6.07, 6.45) is 0.674. The highest BCUT2D eigenvalue weighted by Crippen LogP contribution is 2.19. The molecule has 2 atom stereocenters. The van der Waals surface area contributed by atoms with Crippen LogP contribution in [0.25, 0.3) is 0 Å². The summed E-state index contributed by atoms with van der Waals surface area (Å²) < 4.78 is 18.6. The van der Waals surface area contributed by atoms with Crippen LogP contribution in [0, 0.1) is 11.7 Å². The Kier molecular flexibility index (Phi) is 6.61. The Bertz CT molecular complexity index is 373. The smallest absolute Gasteiger partial charge is 0.126 e. The highest BCUT2D eigenvalue weighted by atomic mass is 35.5. The standard InChI is InChI=1S/C14H21ClFNO/c1-10(11(2)17-6-7-18-3)8-12-9-13(15)4-5-14(12)16/h4-5,9-11,17H,6-8H2,1-3H3. The van der Waals surface area contributed by atoms with Gasteiger partial charge in [0, 0.05) is 24.7 Å². The van der Waals surface area contributed by atoms with Crippen LogP contribution in [0.15, 0.2) is 18.2 Å². The summed E-state index contributed by atoms with van der Waals surface area (Å²) in [7, 11) is 1.68. The van der Waals surface area contributed by atoms with E-state index in [0.717, 1.165) is 6.54 Å². The fourth-order valence-electron chi connectivity index (χ4n) is 1.81. The maximum absolute atomic E-state index is 13.6. The number of nitrogens with one attached hydrogen (secondary N) is 1. The van der Waals surface area contributed by atoms with Crippen molar-refractivity contribution in [3.8, 4) is 0 Å². The van der Waals surface area contributed by atoms with E-state index in [0.29, 0.717) is 35.6 Å².